The molecule has 0 radical (unpaired) electrons. The van der Waals surface area contributed by atoms with Crippen LogP contribution in [0.25, 0.3) is 22.2 Å². The first-order valence-corrected chi connectivity index (χ1v) is 9.42. The molecule has 5 heteroatoms. The summed E-state index contributed by atoms with van der Waals surface area (Å²) >= 11 is 0. The zero-order valence-electron chi connectivity index (χ0n) is 15.7. The first kappa shape index (κ1) is 18.1. The molecule has 4 rings (SSSR count). The summed E-state index contributed by atoms with van der Waals surface area (Å²) in [7, 11) is 0. The maximum Gasteiger partial charge on any atom is 0.161 e. The second-order valence-corrected chi connectivity index (χ2v) is 6.66. The zero-order valence-corrected chi connectivity index (χ0v) is 15.7. The van der Waals surface area contributed by atoms with E-state index in [1.807, 2.05) is 48.5 Å². The average Bonchev–Trinajstić information content (AvgIpc) is 2.77. The fourth-order valence-corrected chi connectivity index (χ4v) is 3.13. The summed E-state index contributed by atoms with van der Waals surface area (Å²) in [6, 6.07) is 19.9. The van der Waals surface area contributed by atoms with Gasteiger partial charge in [0.25, 0.3) is 0 Å². The summed E-state index contributed by atoms with van der Waals surface area (Å²) in [5.74, 6) is 1.36. The molecule has 5 nitrogen and oxygen atoms in total. The van der Waals surface area contributed by atoms with Crippen molar-refractivity contribution in [3.8, 4) is 11.4 Å². The number of hydrogen-bond acceptors (Lipinski definition) is 5. The van der Waals surface area contributed by atoms with E-state index in [0.29, 0.717) is 18.2 Å². The minimum absolute atomic E-state index is 0.369. The summed E-state index contributed by atoms with van der Waals surface area (Å²) in [5, 5.41) is 16.2. The number of benzene rings is 2. The maximum atomic E-state index is 10.6. The predicted molar refractivity (Wildman–Crippen MR) is 112 cm³/mol. The van der Waals surface area contributed by atoms with E-state index in [0.717, 1.165) is 34.0 Å². The Morgan fingerprint density at radius 1 is 0.929 bits per heavy atom. The minimum atomic E-state index is -0.631. The molecular formula is C23H22N4O. The van der Waals surface area contributed by atoms with Gasteiger partial charge in [-0.2, -0.15) is 0 Å². The smallest absolute Gasteiger partial charge is 0.161 e. The van der Waals surface area contributed by atoms with Crippen LogP contribution in [0.15, 0.2) is 73.1 Å². The highest BCUT2D eigenvalue weighted by molar-refractivity contribution is 5.83. The quantitative estimate of drug-likeness (QED) is 0.526. The summed E-state index contributed by atoms with van der Waals surface area (Å²) in [4.78, 5) is 13.3. The summed E-state index contributed by atoms with van der Waals surface area (Å²) in [6.45, 7) is 2.43. The number of aliphatic hydroxyl groups excluding tert-OH is 1. The number of anilines is 1. The molecule has 0 saturated heterocycles. The zero-order chi connectivity index (χ0) is 19.3. The van der Waals surface area contributed by atoms with Crippen molar-refractivity contribution in [2.45, 2.75) is 19.4 Å². The molecule has 1 atom stereocenters. The molecule has 2 aromatic carbocycles. The highest BCUT2D eigenvalue weighted by atomic mass is 16.3. The normalized spacial score (nSPS) is 12.1. The van der Waals surface area contributed by atoms with Crippen molar-refractivity contribution in [1.29, 1.82) is 0 Å². The number of nitrogens with zero attached hydrogens (tertiary/aromatic N) is 3. The number of pyridine rings is 1. The van der Waals surface area contributed by atoms with Gasteiger partial charge in [0, 0.05) is 36.3 Å². The highest BCUT2D eigenvalue weighted by Gasteiger charge is 2.11. The Morgan fingerprint density at radius 2 is 1.71 bits per heavy atom. The van der Waals surface area contributed by atoms with Gasteiger partial charge in [-0.1, -0.05) is 43.3 Å². The van der Waals surface area contributed by atoms with Crippen LogP contribution in [0.5, 0.6) is 0 Å². The molecule has 0 fully saturated rings. The average molecular weight is 370 g/mol. The van der Waals surface area contributed by atoms with Gasteiger partial charge in [0.1, 0.15) is 5.82 Å². The number of nitrogens with one attached hydrogen (secondary N) is 1. The fourth-order valence-electron chi connectivity index (χ4n) is 3.13. The van der Waals surface area contributed by atoms with Crippen LogP contribution in [0.1, 0.15) is 24.3 Å². The molecule has 2 N–H and O–H groups in total. The summed E-state index contributed by atoms with van der Waals surface area (Å²) in [6.07, 6.45) is 3.64. The molecule has 1 unspecified atom stereocenters. The Balaban J connectivity index is 1.53. The molecule has 2 aromatic heterocycles. The SMILES string of the molecule is CCc1cc(NCC(O)c2ccc3ccccc3c2)nc(-c2ccncc2)n1. The number of hydrogen-bond donors (Lipinski definition) is 2. The molecule has 2 heterocycles. The Hall–Kier alpha value is -3.31. The van der Waals surface area contributed by atoms with Crippen molar-refractivity contribution in [2.24, 2.45) is 0 Å². The summed E-state index contributed by atoms with van der Waals surface area (Å²) < 4.78 is 0. The molecule has 0 aliphatic carbocycles. The fraction of sp³-hybridized carbons (Fsp3) is 0.174. The first-order valence-electron chi connectivity index (χ1n) is 9.42. The van der Waals surface area contributed by atoms with Crippen LogP contribution in [-0.4, -0.2) is 26.6 Å². The lowest BCUT2D eigenvalue weighted by atomic mass is 10.0. The van der Waals surface area contributed by atoms with Gasteiger partial charge in [0.15, 0.2) is 5.82 Å². The van der Waals surface area contributed by atoms with E-state index in [1.54, 1.807) is 12.4 Å². The van der Waals surface area contributed by atoms with Crippen LogP contribution < -0.4 is 5.32 Å². The number of rotatable bonds is 6. The monoisotopic (exact) mass is 370 g/mol. The van der Waals surface area contributed by atoms with Crippen molar-refractivity contribution in [3.05, 3.63) is 84.3 Å². The van der Waals surface area contributed by atoms with Gasteiger partial charge in [-0.15, -0.1) is 0 Å². The van der Waals surface area contributed by atoms with Gasteiger partial charge >= 0.3 is 0 Å². The van der Waals surface area contributed by atoms with E-state index in [9.17, 15) is 5.11 Å². The van der Waals surface area contributed by atoms with Gasteiger partial charge in [0.05, 0.1) is 6.10 Å². The van der Waals surface area contributed by atoms with Crippen LogP contribution in [-0.2, 0) is 6.42 Å². The van der Waals surface area contributed by atoms with Crippen molar-refractivity contribution in [3.63, 3.8) is 0 Å². The van der Waals surface area contributed by atoms with E-state index >= 15 is 0 Å². The second kappa shape index (κ2) is 8.15. The first-order chi connectivity index (χ1) is 13.7. The molecule has 140 valence electrons. The third-order valence-corrected chi connectivity index (χ3v) is 4.71. The molecule has 0 aliphatic heterocycles. The molecule has 0 saturated carbocycles. The molecule has 0 aliphatic rings. The van der Waals surface area contributed by atoms with Gasteiger partial charge in [0.2, 0.25) is 0 Å². The molecule has 28 heavy (non-hydrogen) atoms. The van der Waals surface area contributed by atoms with Crippen molar-refractivity contribution in [1.82, 2.24) is 15.0 Å². The Bertz CT molecular complexity index is 1080. The van der Waals surface area contributed by atoms with Crippen molar-refractivity contribution in [2.75, 3.05) is 11.9 Å². The van der Waals surface area contributed by atoms with Crippen molar-refractivity contribution < 1.29 is 5.11 Å². The third kappa shape index (κ3) is 4.00. The molecule has 0 bridgehead atoms. The second-order valence-electron chi connectivity index (χ2n) is 6.66. The lowest BCUT2D eigenvalue weighted by molar-refractivity contribution is 0.191. The molecular weight excluding hydrogens is 348 g/mol. The Labute approximate surface area is 164 Å². The van der Waals surface area contributed by atoms with Gasteiger partial charge in [-0.25, -0.2) is 9.97 Å². The largest absolute Gasteiger partial charge is 0.387 e. The van der Waals surface area contributed by atoms with Gasteiger partial charge < -0.3 is 10.4 Å². The maximum absolute atomic E-state index is 10.6. The molecule has 0 amide bonds. The summed E-state index contributed by atoms with van der Waals surface area (Å²) in [5.41, 5.74) is 2.75. The van der Waals surface area contributed by atoms with Crippen LogP contribution in [0.2, 0.25) is 0 Å². The van der Waals surface area contributed by atoms with E-state index in [1.165, 1.54) is 0 Å². The number of aryl methyl sites for hydroxylation is 1. The Morgan fingerprint density at radius 3 is 2.50 bits per heavy atom. The molecule has 0 spiro atoms. The lowest BCUT2D eigenvalue weighted by Crippen LogP contribution is -2.14. The number of fused-ring (bicyclic) bond motifs is 1. The van der Waals surface area contributed by atoms with Crippen LogP contribution in [0.3, 0.4) is 0 Å². The lowest BCUT2D eigenvalue weighted by Gasteiger charge is -2.14. The van der Waals surface area contributed by atoms with E-state index in [-0.39, 0.29) is 0 Å². The highest BCUT2D eigenvalue weighted by Crippen LogP contribution is 2.22. The van der Waals surface area contributed by atoms with Crippen LogP contribution in [0, 0.1) is 0 Å². The van der Waals surface area contributed by atoms with Gasteiger partial charge in [-0.05, 0) is 41.0 Å². The molecule has 4 aromatic rings. The third-order valence-electron chi connectivity index (χ3n) is 4.71. The van der Waals surface area contributed by atoms with E-state index < -0.39 is 6.10 Å². The van der Waals surface area contributed by atoms with E-state index in [4.69, 9.17) is 0 Å². The Kier molecular flexibility index (Phi) is 5.26. The minimum Gasteiger partial charge on any atom is -0.387 e. The van der Waals surface area contributed by atoms with Gasteiger partial charge in [-0.3, -0.25) is 4.98 Å². The van der Waals surface area contributed by atoms with Crippen LogP contribution >= 0.6 is 0 Å². The van der Waals surface area contributed by atoms with E-state index in [2.05, 4.69) is 39.3 Å². The van der Waals surface area contributed by atoms with Crippen LogP contribution in [0.4, 0.5) is 5.82 Å². The predicted octanol–water partition coefficient (Wildman–Crippen LogP) is 4.40. The number of aromatic nitrogens is 3. The number of aliphatic hydroxyl groups is 1. The standard InChI is InChI=1S/C23H22N4O/c1-2-20-14-22(27-23(26-20)17-9-11-24-12-10-17)25-15-21(28)19-8-7-16-5-3-4-6-18(16)13-19/h3-14,21,28H,2,15H2,1H3,(H,25,26,27). The van der Waals surface area contributed by atoms with Crippen molar-refractivity contribution >= 4 is 16.6 Å². The topological polar surface area (TPSA) is 70.9 Å².